The van der Waals surface area contributed by atoms with E-state index in [2.05, 4.69) is 29.2 Å². The van der Waals surface area contributed by atoms with Crippen molar-refractivity contribution in [3.63, 3.8) is 0 Å². The number of esters is 1. The summed E-state index contributed by atoms with van der Waals surface area (Å²) in [6.07, 6.45) is 5.22. The van der Waals surface area contributed by atoms with Gasteiger partial charge in [-0.3, -0.25) is 4.79 Å². The summed E-state index contributed by atoms with van der Waals surface area (Å²) in [6.45, 7) is 5.98. The second-order valence-electron chi connectivity index (χ2n) is 6.92. The summed E-state index contributed by atoms with van der Waals surface area (Å²) in [6, 6.07) is 9.10. The Bertz CT molecular complexity index is 514. The summed E-state index contributed by atoms with van der Waals surface area (Å²) in [4.78, 5) is 14.0. The van der Waals surface area contributed by atoms with Gasteiger partial charge in [-0.25, -0.2) is 0 Å². The van der Waals surface area contributed by atoms with Crippen molar-refractivity contribution in [2.75, 3.05) is 37.8 Å². The summed E-state index contributed by atoms with van der Waals surface area (Å²) in [5, 5.41) is 0. The first-order valence-electron chi connectivity index (χ1n) is 9.34. The quantitative estimate of drug-likeness (QED) is 0.770. The highest BCUT2D eigenvalue weighted by molar-refractivity contribution is 5.69. The molecule has 2 aliphatic rings. The Kier molecular flexibility index (Phi) is 6.13. The number of anilines is 1. The standard InChI is InChI=1S/C20H29NO3/c1-2-24-20(22)15-16-3-5-17(6-4-16)18-7-9-19(10-8-18)21-11-13-23-14-12-21/h7-10,16-17H,2-6,11-15H2,1H3. The third-order valence-electron chi connectivity index (χ3n) is 5.35. The van der Waals surface area contributed by atoms with Gasteiger partial charge in [-0.05, 0) is 62.1 Å². The molecular formula is C20H29NO3. The Labute approximate surface area is 145 Å². The molecule has 1 aliphatic carbocycles. The van der Waals surface area contributed by atoms with Gasteiger partial charge in [-0.15, -0.1) is 0 Å². The van der Waals surface area contributed by atoms with Crippen LogP contribution >= 0.6 is 0 Å². The Morgan fingerprint density at radius 3 is 2.42 bits per heavy atom. The van der Waals surface area contributed by atoms with Crippen molar-refractivity contribution in [2.24, 2.45) is 5.92 Å². The molecule has 0 amide bonds. The minimum atomic E-state index is -0.0317. The predicted octanol–water partition coefficient (Wildman–Crippen LogP) is 3.75. The first-order chi connectivity index (χ1) is 11.8. The number of nitrogens with zero attached hydrogens (tertiary/aromatic N) is 1. The lowest BCUT2D eigenvalue weighted by Crippen LogP contribution is -2.36. The van der Waals surface area contributed by atoms with Crippen LogP contribution in [-0.4, -0.2) is 38.9 Å². The Morgan fingerprint density at radius 2 is 1.79 bits per heavy atom. The third-order valence-corrected chi connectivity index (χ3v) is 5.35. The SMILES string of the molecule is CCOC(=O)CC1CCC(c2ccc(N3CCOCC3)cc2)CC1. The molecule has 4 nitrogen and oxygen atoms in total. The summed E-state index contributed by atoms with van der Waals surface area (Å²) < 4.78 is 10.5. The summed E-state index contributed by atoms with van der Waals surface area (Å²) >= 11 is 0. The van der Waals surface area contributed by atoms with Crippen LogP contribution < -0.4 is 4.90 Å². The molecule has 3 rings (SSSR count). The maximum atomic E-state index is 11.6. The van der Waals surface area contributed by atoms with E-state index in [-0.39, 0.29) is 5.97 Å². The van der Waals surface area contributed by atoms with E-state index >= 15 is 0 Å². The van der Waals surface area contributed by atoms with Crippen molar-refractivity contribution in [1.29, 1.82) is 0 Å². The molecule has 1 aromatic rings. The fraction of sp³-hybridized carbons (Fsp3) is 0.650. The molecule has 2 fully saturated rings. The largest absolute Gasteiger partial charge is 0.466 e. The maximum absolute atomic E-state index is 11.6. The molecule has 1 heterocycles. The van der Waals surface area contributed by atoms with Gasteiger partial charge < -0.3 is 14.4 Å². The minimum absolute atomic E-state index is 0.0317. The van der Waals surface area contributed by atoms with E-state index in [1.54, 1.807) is 0 Å². The average molecular weight is 331 g/mol. The van der Waals surface area contributed by atoms with Gasteiger partial charge in [0.25, 0.3) is 0 Å². The van der Waals surface area contributed by atoms with Crippen LogP contribution in [0.15, 0.2) is 24.3 Å². The van der Waals surface area contributed by atoms with Gasteiger partial charge in [-0.2, -0.15) is 0 Å². The van der Waals surface area contributed by atoms with Crippen molar-refractivity contribution in [3.05, 3.63) is 29.8 Å². The van der Waals surface area contributed by atoms with Gasteiger partial charge in [-0.1, -0.05) is 12.1 Å². The number of hydrogen-bond donors (Lipinski definition) is 0. The first kappa shape index (κ1) is 17.3. The molecular weight excluding hydrogens is 302 g/mol. The number of ether oxygens (including phenoxy) is 2. The zero-order valence-electron chi connectivity index (χ0n) is 14.7. The molecule has 0 atom stereocenters. The van der Waals surface area contributed by atoms with Crippen molar-refractivity contribution in [2.45, 2.75) is 44.9 Å². The van der Waals surface area contributed by atoms with Crippen molar-refractivity contribution >= 4 is 11.7 Å². The Balaban J connectivity index is 1.50. The zero-order valence-corrected chi connectivity index (χ0v) is 14.7. The van der Waals surface area contributed by atoms with Crippen LogP contribution in [0.5, 0.6) is 0 Å². The molecule has 1 saturated heterocycles. The van der Waals surface area contributed by atoms with Crippen LogP contribution in [0, 0.1) is 5.92 Å². The summed E-state index contributed by atoms with van der Waals surface area (Å²) in [7, 11) is 0. The Morgan fingerprint density at radius 1 is 1.12 bits per heavy atom. The van der Waals surface area contributed by atoms with E-state index in [9.17, 15) is 4.79 Å². The maximum Gasteiger partial charge on any atom is 0.306 e. The molecule has 1 saturated carbocycles. The van der Waals surface area contributed by atoms with E-state index in [1.165, 1.54) is 24.1 Å². The monoisotopic (exact) mass is 331 g/mol. The molecule has 24 heavy (non-hydrogen) atoms. The fourth-order valence-electron chi connectivity index (χ4n) is 3.93. The van der Waals surface area contributed by atoms with Crippen LogP contribution in [0.25, 0.3) is 0 Å². The Hall–Kier alpha value is -1.55. The van der Waals surface area contributed by atoms with E-state index in [1.807, 2.05) is 6.92 Å². The predicted molar refractivity (Wildman–Crippen MR) is 95.4 cm³/mol. The van der Waals surface area contributed by atoms with Gasteiger partial charge in [0.2, 0.25) is 0 Å². The molecule has 0 bridgehead atoms. The first-order valence-corrected chi connectivity index (χ1v) is 9.34. The topological polar surface area (TPSA) is 38.8 Å². The van der Waals surface area contributed by atoms with Crippen LogP contribution in [0.3, 0.4) is 0 Å². The molecule has 0 radical (unpaired) electrons. The lowest BCUT2D eigenvalue weighted by atomic mass is 9.77. The van der Waals surface area contributed by atoms with E-state index in [0.717, 1.165) is 39.1 Å². The third kappa shape index (κ3) is 4.50. The highest BCUT2D eigenvalue weighted by Crippen LogP contribution is 2.37. The summed E-state index contributed by atoms with van der Waals surface area (Å²) in [5.74, 6) is 1.12. The molecule has 1 aliphatic heterocycles. The fourth-order valence-corrected chi connectivity index (χ4v) is 3.93. The smallest absolute Gasteiger partial charge is 0.306 e. The molecule has 1 aromatic carbocycles. The molecule has 0 unspecified atom stereocenters. The van der Waals surface area contributed by atoms with Crippen LogP contribution in [-0.2, 0) is 14.3 Å². The van der Waals surface area contributed by atoms with Crippen molar-refractivity contribution < 1.29 is 14.3 Å². The van der Waals surface area contributed by atoms with E-state index in [4.69, 9.17) is 9.47 Å². The number of benzene rings is 1. The second-order valence-corrected chi connectivity index (χ2v) is 6.92. The molecule has 4 heteroatoms. The van der Waals surface area contributed by atoms with Crippen molar-refractivity contribution in [3.8, 4) is 0 Å². The highest BCUT2D eigenvalue weighted by Gasteiger charge is 2.24. The van der Waals surface area contributed by atoms with Crippen LogP contribution in [0.1, 0.15) is 50.5 Å². The zero-order chi connectivity index (χ0) is 16.8. The second kappa shape index (κ2) is 8.52. The van der Waals surface area contributed by atoms with Gasteiger partial charge in [0.05, 0.1) is 19.8 Å². The van der Waals surface area contributed by atoms with Crippen LogP contribution in [0.4, 0.5) is 5.69 Å². The number of hydrogen-bond acceptors (Lipinski definition) is 4. The average Bonchev–Trinajstić information content (AvgIpc) is 2.63. The van der Waals surface area contributed by atoms with Crippen LogP contribution in [0.2, 0.25) is 0 Å². The van der Waals surface area contributed by atoms with Gasteiger partial charge in [0.1, 0.15) is 0 Å². The number of carbonyl (C=O) groups excluding carboxylic acids is 1. The highest BCUT2D eigenvalue weighted by atomic mass is 16.5. The molecule has 0 aromatic heterocycles. The summed E-state index contributed by atoms with van der Waals surface area (Å²) in [5.41, 5.74) is 2.75. The van der Waals surface area contributed by atoms with Gasteiger partial charge >= 0.3 is 5.97 Å². The minimum Gasteiger partial charge on any atom is -0.466 e. The normalized spacial score (nSPS) is 24.6. The molecule has 0 N–H and O–H groups in total. The lowest BCUT2D eigenvalue weighted by Gasteiger charge is -2.30. The van der Waals surface area contributed by atoms with E-state index < -0.39 is 0 Å². The molecule has 0 spiro atoms. The van der Waals surface area contributed by atoms with E-state index in [0.29, 0.717) is 24.9 Å². The van der Waals surface area contributed by atoms with Gasteiger partial charge in [0, 0.05) is 25.2 Å². The lowest BCUT2D eigenvalue weighted by molar-refractivity contribution is -0.144. The van der Waals surface area contributed by atoms with Crippen molar-refractivity contribution in [1.82, 2.24) is 0 Å². The number of rotatable bonds is 5. The number of carbonyl (C=O) groups is 1. The van der Waals surface area contributed by atoms with Gasteiger partial charge in [0.15, 0.2) is 0 Å². The number of morpholine rings is 1. The molecule has 132 valence electrons.